The summed E-state index contributed by atoms with van der Waals surface area (Å²) in [7, 11) is -3.10. The van der Waals surface area contributed by atoms with Crippen molar-refractivity contribution in [2.75, 3.05) is 18.9 Å². The molecule has 1 aliphatic carbocycles. The van der Waals surface area contributed by atoms with E-state index in [1.165, 1.54) is 0 Å². The van der Waals surface area contributed by atoms with Crippen LogP contribution < -0.4 is 5.32 Å². The first kappa shape index (κ1) is 17.2. The summed E-state index contributed by atoms with van der Waals surface area (Å²) in [5, 5.41) is 3.27. The van der Waals surface area contributed by atoms with Gasteiger partial charge in [0.1, 0.15) is 0 Å². The lowest BCUT2D eigenvalue weighted by Crippen LogP contribution is -2.56. The number of hydrogen-bond donors (Lipinski definition) is 1. The molecule has 2 fully saturated rings. The largest absolute Gasteiger partial charge is 0.377 e. The van der Waals surface area contributed by atoms with Crippen molar-refractivity contribution >= 4 is 9.84 Å². The molecule has 124 valence electrons. The highest BCUT2D eigenvalue weighted by Gasteiger charge is 2.45. The molecule has 2 rings (SSSR count). The van der Waals surface area contributed by atoms with E-state index in [1.807, 2.05) is 0 Å². The van der Waals surface area contributed by atoms with E-state index in [0.717, 1.165) is 45.1 Å². The SMILES string of the molecule is CCCNC1C(S(=O)(=O)CC2CCCO2)CCCC1(C)C. The monoisotopic (exact) mass is 317 g/mol. The molecule has 0 amide bonds. The fourth-order valence-electron chi connectivity index (χ4n) is 3.84. The van der Waals surface area contributed by atoms with Crippen LogP contribution in [0.2, 0.25) is 0 Å². The summed E-state index contributed by atoms with van der Waals surface area (Å²) in [5.74, 6) is 0.206. The number of rotatable bonds is 6. The summed E-state index contributed by atoms with van der Waals surface area (Å²) in [6.45, 7) is 8.13. The molecule has 1 saturated carbocycles. The van der Waals surface area contributed by atoms with Gasteiger partial charge in [0.15, 0.2) is 9.84 Å². The summed E-state index contributed by atoms with van der Waals surface area (Å²) < 4.78 is 31.3. The van der Waals surface area contributed by atoms with Crippen LogP contribution in [0.25, 0.3) is 0 Å². The number of hydrogen-bond acceptors (Lipinski definition) is 4. The van der Waals surface area contributed by atoms with Gasteiger partial charge in [-0.1, -0.05) is 27.2 Å². The molecule has 4 nitrogen and oxygen atoms in total. The fraction of sp³-hybridized carbons (Fsp3) is 1.00. The zero-order valence-electron chi connectivity index (χ0n) is 13.7. The molecule has 0 radical (unpaired) electrons. The quantitative estimate of drug-likeness (QED) is 0.818. The van der Waals surface area contributed by atoms with Gasteiger partial charge in [0, 0.05) is 12.6 Å². The molecular formula is C16H31NO3S. The van der Waals surface area contributed by atoms with Crippen molar-refractivity contribution in [1.29, 1.82) is 0 Å². The van der Waals surface area contributed by atoms with Gasteiger partial charge in [0.25, 0.3) is 0 Å². The van der Waals surface area contributed by atoms with Crippen molar-refractivity contribution in [1.82, 2.24) is 5.32 Å². The maximum atomic E-state index is 12.9. The summed E-state index contributed by atoms with van der Waals surface area (Å²) in [6.07, 6.45) is 5.74. The minimum Gasteiger partial charge on any atom is -0.377 e. The van der Waals surface area contributed by atoms with Gasteiger partial charge in [0.05, 0.1) is 17.1 Å². The van der Waals surface area contributed by atoms with Crippen molar-refractivity contribution in [3.63, 3.8) is 0 Å². The van der Waals surface area contributed by atoms with E-state index in [-0.39, 0.29) is 28.6 Å². The predicted octanol–water partition coefficient (Wildman–Crippen LogP) is 2.53. The highest BCUT2D eigenvalue weighted by molar-refractivity contribution is 7.92. The highest BCUT2D eigenvalue weighted by atomic mass is 32.2. The molecule has 1 N–H and O–H groups in total. The highest BCUT2D eigenvalue weighted by Crippen LogP contribution is 2.39. The average molecular weight is 317 g/mol. The zero-order valence-corrected chi connectivity index (χ0v) is 14.5. The van der Waals surface area contributed by atoms with Gasteiger partial charge in [0.2, 0.25) is 0 Å². The minimum absolute atomic E-state index is 0.0433. The Morgan fingerprint density at radius 2 is 2.00 bits per heavy atom. The van der Waals surface area contributed by atoms with Crippen molar-refractivity contribution in [2.24, 2.45) is 5.41 Å². The van der Waals surface area contributed by atoms with Crippen LogP contribution in [0, 0.1) is 5.41 Å². The second-order valence-electron chi connectivity index (χ2n) is 7.32. The third-order valence-corrected chi connectivity index (χ3v) is 7.31. The first-order valence-electron chi connectivity index (χ1n) is 8.43. The molecule has 1 aliphatic heterocycles. The van der Waals surface area contributed by atoms with Gasteiger partial charge in [-0.15, -0.1) is 0 Å². The maximum Gasteiger partial charge on any atom is 0.157 e. The second kappa shape index (κ2) is 6.97. The first-order valence-corrected chi connectivity index (χ1v) is 10.1. The van der Waals surface area contributed by atoms with Crippen LogP contribution in [0.5, 0.6) is 0 Å². The number of ether oxygens (including phenoxy) is 1. The molecular weight excluding hydrogens is 286 g/mol. The molecule has 0 bridgehead atoms. The molecule has 3 unspecified atom stereocenters. The topological polar surface area (TPSA) is 55.4 Å². The molecule has 2 aliphatic rings. The third-order valence-electron chi connectivity index (χ3n) is 5.04. The van der Waals surface area contributed by atoms with Crippen molar-refractivity contribution < 1.29 is 13.2 Å². The smallest absolute Gasteiger partial charge is 0.157 e. The van der Waals surface area contributed by atoms with Gasteiger partial charge in [-0.2, -0.15) is 0 Å². The van der Waals surface area contributed by atoms with Gasteiger partial charge >= 0.3 is 0 Å². The molecule has 3 atom stereocenters. The lowest BCUT2D eigenvalue weighted by atomic mass is 9.73. The Labute approximate surface area is 129 Å². The van der Waals surface area contributed by atoms with Crippen molar-refractivity contribution in [2.45, 2.75) is 76.7 Å². The normalized spacial score (nSPS) is 33.2. The first-order chi connectivity index (χ1) is 9.87. The summed E-state index contributed by atoms with van der Waals surface area (Å²) in [6, 6.07) is 0.0672. The average Bonchev–Trinajstić information content (AvgIpc) is 2.88. The zero-order chi connectivity index (χ0) is 15.5. The van der Waals surface area contributed by atoms with Crippen LogP contribution >= 0.6 is 0 Å². The molecule has 5 heteroatoms. The molecule has 21 heavy (non-hydrogen) atoms. The fourth-order valence-corrected chi connectivity index (χ4v) is 6.27. The Morgan fingerprint density at radius 1 is 1.24 bits per heavy atom. The van der Waals surface area contributed by atoms with E-state index in [4.69, 9.17) is 4.74 Å². The molecule has 1 saturated heterocycles. The van der Waals surface area contributed by atoms with Crippen LogP contribution in [0.4, 0.5) is 0 Å². The van der Waals surface area contributed by atoms with E-state index in [1.54, 1.807) is 0 Å². The summed E-state index contributed by atoms with van der Waals surface area (Å²) in [4.78, 5) is 0. The van der Waals surface area contributed by atoms with Crippen LogP contribution in [0.3, 0.4) is 0 Å². The van der Waals surface area contributed by atoms with E-state index in [9.17, 15) is 8.42 Å². The standard InChI is InChI=1S/C16H31NO3S/c1-4-10-17-15-14(8-5-9-16(15,2)3)21(18,19)12-13-7-6-11-20-13/h13-15,17H,4-12H2,1-3H3. The van der Waals surface area contributed by atoms with E-state index >= 15 is 0 Å². The predicted molar refractivity (Wildman–Crippen MR) is 86.3 cm³/mol. The Bertz CT molecular complexity index is 427. The third kappa shape index (κ3) is 4.20. The lowest BCUT2D eigenvalue weighted by molar-refractivity contribution is 0.126. The Kier molecular flexibility index (Phi) is 5.71. The van der Waals surface area contributed by atoms with Crippen LogP contribution in [-0.4, -0.2) is 44.7 Å². The Hall–Kier alpha value is -0.130. The maximum absolute atomic E-state index is 12.9. The van der Waals surface area contributed by atoms with Gasteiger partial charge < -0.3 is 10.1 Å². The molecule has 0 aromatic rings. The Morgan fingerprint density at radius 3 is 2.62 bits per heavy atom. The van der Waals surface area contributed by atoms with Gasteiger partial charge in [-0.25, -0.2) is 8.42 Å². The number of sulfone groups is 1. The molecule has 0 aromatic carbocycles. The molecule has 0 aromatic heterocycles. The molecule has 1 heterocycles. The lowest BCUT2D eigenvalue weighted by Gasteiger charge is -2.44. The minimum atomic E-state index is -3.10. The van der Waals surface area contributed by atoms with Crippen LogP contribution in [-0.2, 0) is 14.6 Å². The van der Waals surface area contributed by atoms with Crippen molar-refractivity contribution in [3.05, 3.63) is 0 Å². The Balaban J connectivity index is 2.12. The second-order valence-corrected chi connectivity index (χ2v) is 9.58. The van der Waals surface area contributed by atoms with Gasteiger partial charge in [-0.05, 0) is 44.1 Å². The van der Waals surface area contributed by atoms with E-state index in [0.29, 0.717) is 6.61 Å². The van der Waals surface area contributed by atoms with E-state index < -0.39 is 9.84 Å². The summed E-state index contributed by atoms with van der Waals surface area (Å²) in [5.41, 5.74) is 0.0433. The van der Waals surface area contributed by atoms with E-state index in [2.05, 4.69) is 26.1 Å². The summed E-state index contributed by atoms with van der Waals surface area (Å²) >= 11 is 0. The molecule has 0 spiro atoms. The number of nitrogens with one attached hydrogen (secondary N) is 1. The van der Waals surface area contributed by atoms with Gasteiger partial charge in [-0.3, -0.25) is 0 Å². The van der Waals surface area contributed by atoms with Crippen molar-refractivity contribution in [3.8, 4) is 0 Å². The van der Waals surface area contributed by atoms with Crippen LogP contribution in [0.15, 0.2) is 0 Å². The van der Waals surface area contributed by atoms with Crippen LogP contribution in [0.1, 0.15) is 59.3 Å².